The molecule has 1 N–H and O–H groups in total. The minimum atomic E-state index is 0.213. The van der Waals surface area contributed by atoms with E-state index in [-0.39, 0.29) is 6.04 Å². The van der Waals surface area contributed by atoms with Gasteiger partial charge in [0.1, 0.15) is 0 Å². The van der Waals surface area contributed by atoms with E-state index in [4.69, 9.17) is 0 Å². The van der Waals surface area contributed by atoms with Crippen molar-refractivity contribution in [3.63, 3.8) is 0 Å². The van der Waals surface area contributed by atoms with Gasteiger partial charge in [0, 0.05) is 29.9 Å². The van der Waals surface area contributed by atoms with Gasteiger partial charge in [0.2, 0.25) is 0 Å². The van der Waals surface area contributed by atoms with Gasteiger partial charge in [-0.1, -0.05) is 12.1 Å². The lowest BCUT2D eigenvalue weighted by Crippen LogP contribution is -2.11. The van der Waals surface area contributed by atoms with Gasteiger partial charge >= 0.3 is 0 Å². The van der Waals surface area contributed by atoms with Gasteiger partial charge in [0.05, 0.1) is 22.4 Å². The highest BCUT2D eigenvalue weighted by atomic mass is 32.1. The monoisotopic (exact) mass is 298 g/mol. The van der Waals surface area contributed by atoms with Crippen LogP contribution < -0.4 is 5.32 Å². The van der Waals surface area contributed by atoms with E-state index >= 15 is 0 Å². The van der Waals surface area contributed by atoms with Crippen LogP contribution in [0.4, 0.5) is 5.69 Å². The molecule has 108 valence electrons. The van der Waals surface area contributed by atoms with E-state index in [1.54, 1.807) is 11.3 Å². The first-order valence-electron chi connectivity index (χ1n) is 6.90. The normalized spacial score (nSPS) is 12.3. The highest BCUT2D eigenvalue weighted by Gasteiger charge is 2.09. The molecule has 3 rings (SSSR count). The SMILES string of the molecule is Cc1nc(-c2ccc(NC(C)c3ccnn3C)cc2)cs1. The Morgan fingerprint density at radius 1 is 1.19 bits per heavy atom. The van der Waals surface area contributed by atoms with Crippen molar-refractivity contribution in [2.45, 2.75) is 19.9 Å². The molecule has 0 aliphatic heterocycles. The van der Waals surface area contributed by atoms with Crippen LogP contribution in [0.3, 0.4) is 0 Å². The maximum atomic E-state index is 4.51. The summed E-state index contributed by atoms with van der Waals surface area (Å²) in [7, 11) is 1.96. The highest BCUT2D eigenvalue weighted by Crippen LogP contribution is 2.24. The van der Waals surface area contributed by atoms with Crippen molar-refractivity contribution in [2.75, 3.05) is 5.32 Å². The topological polar surface area (TPSA) is 42.7 Å². The summed E-state index contributed by atoms with van der Waals surface area (Å²) in [5.74, 6) is 0. The van der Waals surface area contributed by atoms with E-state index in [0.29, 0.717) is 0 Å². The fraction of sp³-hybridized carbons (Fsp3) is 0.250. The molecule has 1 aromatic carbocycles. The van der Waals surface area contributed by atoms with E-state index in [9.17, 15) is 0 Å². The first kappa shape index (κ1) is 13.8. The van der Waals surface area contributed by atoms with Crippen LogP contribution in [0.1, 0.15) is 23.7 Å². The summed E-state index contributed by atoms with van der Waals surface area (Å²) in [6, 6.07) is 10.6. The Bertz CT molecular complexity index is 727. The lowest BCUT2D eigenvalue weighted by atomic mass is 10.1. The fourth-order valence-electron chi connectivity index (χ4n) is 2.37. The molecule has 0 radical (unpaired) electrons. The number of hydrogen-bond donors (Lipinski definition) is 1. The van der Waals surface area contributed by atoms with Gasteiger partial charge in [-0.2, -0.15) is 5.10 Å². The number of aromatic nitrogens is 3. The van der Waals surface area contributed by atoms with Gasteiger partial charge in [0.25, 0.3) is 0 Å². The molecule has 1 atom stereocenters. The number of anilines is 1. The first-order valence-corrected chi connectivity index (χ1v) is 7.78. The molecule has 0 fully saturated rings. The number of aryl methyl sites for hydroxylation is 2. The predicted octanol–water partition coefficient (Wildman–Crippen LogP) is 4.03. The number of benzene rings is 1. The highest BCUT2D eigenvalue weighted by molar-refractivity contribution is 7.09. The second-order valence-electron chi connectivity index (χ2n) is 5.07. The summed E-state index contributed by atoms with van der Waals surface area (Å²) in [5, 5.41) is 10.9. The largest absolute Gasteiger partial charge is 0.377 e. The molecule has 0 spiro atoms. The Balaban J connectivity index is 1.74. The van der Waals surface area contributed by atoms with E-state index in [0.717, 1.165) is 27.6 Å². The zero-order chi connectivity index (χ0) is 14.8. The molecular weight excluding hydrogens is 280 g/mol. The van der Waals surface area contributed by atoms with E-state index < -0.39 is 0 Å². The van der Waals surface area contributed by atoms with Crippen molar-refractivity contribution < 1.29 is 0 Å². The Kier molecular flexibility index (Phi) is 3.75. The summed E-state index contributed by atoms with van der Waals surface area (Å²) >= 11 is 1.68. The van der Waals surface area contributed by atoms with Crippen molar-refractivity contribution in [3.8, 4) is 11.3 Å². The van der Waals surface area contributed by atoms with Gasteiger partial charge in [-0.15, -0.1) is 11.3 Å². The summed E-state index contributed by atoms with van der Waals surface area (Å²) in [6.45, 7) is 4.16. The van der Waals surface area contributed by atoms with Crippen LogP contribution >= 0.6 is 11.3 Å². The number of nitrogens with zero attached hydrogens (tertiary/aromatic N) is 3. The number of nitrogens with one attached hydrogen (secondary N) is 1. The van der Waals surface area contributed by atoms with Crippen LogP contribution in [0.15, 0.2) is 41.9 Å². The molecule has 4 nitrogen and oxygen atoms in total. The average Bonchev–Trinajstić information content (AvgIpc) is 3.08. The summed E-state index contributed by atoms with van der Waals surface area (Å²) in [6.07, 6.45) is 1.82. The Hall–Kier alpha value is -2.14. The van der Waals surface area contributed by atoms with Crippen LogP contribution in [0.5, 0.6) is 0 Å². The van der Waals surface area contributed by atoms with E-state index in [1.165, 1.54) is 0 Å². The van der Waals surface area contributed by atoms with Crippen LogP contribution in [0.2, 0.25) is 0 Å². The van der Waals surface area contributed by atoms with Gasteiger partial charge < -0.3 is 5.32 Å². The minimum absolute atomic E-state index is 0.213. The zero-order valence-electron chi connectivity index (χ0n) is 12.4. The van der Waals surface area contributed by atoms with Crippen LogP contribution in [-0.2, 0) is 7.05 Å². The molecule has 3 aromatic rings. The molecule has 21 heavy (non-hydrogen) atoms. The lowest BCUT2D eigenvalue weighted by Gasteiger charge is -2.15. The number of thiazole rings is 1. The second-order valence-corrected chi connectivity index (χ2v) is 6.14. The van der Waals surface area contributed by atoms with E-state index in [2.05, 4.69) is 52.0 Å². The van der Waals surface area contributed by atoms with Crippen LogP contribution in [-0.4, -0.2) is 14.8 Å². The Labute approximate surface area is 128 Å². The van der Waals surface area contributed by atoms with Crippen molar-refractivity contribution >= 4 is 17.0 Å². The van der Waals surface area contributed by atoms with Crippen LogP contribution in [0.25, 0.3) is 11.3 Å². The zero-order valence-corrected chi connectivity index (χ0v) is 13.2. The number of hydrogen-bond acceptors (Lipinski definition) is 4. The third-order valence-corrected chi connectivity index (χ3v) is 4.26. The van der Waals surface area contributed by atoms with Crippen molar-refractivity contribution in [1.29, 1.82) is 0 Å². The third kappa shape index (κ3) is 2.97. The molecule has 0 amide bonds. The molecule has 1 unspecified atom stereocenters. The molecule has 2 aromatic heterocycles. The first-order chi connectivity index (χ1) is 10.1. The van der Waals surface area contributed by atoms with E-state index in [1.807, 2.05) is 30.9 Å². The minimum Gasteiger partial charge on any atom is -0.377 e. The third-order valence-electron chi connectivity index (χ3n) is 3.49. The van der Waals surface area contributed by atoms with Crippen molar-refractivity contribution in [2.24, 2.45) is 7.05 Å². The fourth-order valence-corrected chi connectivity index (χ4v) is 2.99. The predicted molar refractivity (Wildman–Crippen MR) is 87.5 cm³/mol. The number of rotatable bonds is 4. The maximum absolute atomic E-state index is 4.51. The molecule has 0 bridgehead atoms. The molecule has 0 aliphatic carbocycles. The van der Waals surface area contributed by atoms with Crippen molar-refractivity contribution in [1.82, 2.24) is 14.8 Å². The van der Waals surface area contributed by atoms with Gasteiger partial charge in [-0.05, 0) is 32.0 Å². The molecule has 0 saturated carbocycles. The van der Waals surface area contributed by atoms with Crippen molar-refractivity contribution in [3.05, 3.63) is 52.6 Å². The quantitative estimate of drug-likeness (QED) is 0.791. The van der Waals surface area contributed by atoms with Gasteiger partial charge in [0.15, 0.2) is 0 Å². The second kappa shape index (κ2) is 5.69. The van der Waals surface area contributed by atoms with Gasteiger partial charge in [-0.25, -0.2) is 4.98 Å². The Morgan fingerprint density at radius 3 is 2.52 bits per heavy atom. The summed E-state index contributed by atoms with van der Waals surface area (Å²) in [5.41, 5.74) is 4.45. The van der Waals surface area contributed by atoms with Crippen LogP contribution in [0, 0.1) is 6.92 Å². The average molecular weight is 298 g/mol. The standard InChI is InChI=1S/C16H18N4S/c1-11(16-8-9-17-20(16)3)18-14-6-4-13(5-7-14)15-10-21-12(2)19-15/h4-11,18H,1-3H3. The molecule has 2 heterocycles. The summed E-state index contributed by atoms with van der Waals surface area (Å²) in [4.78, 5) is 4.51. The molecular formula is C16H18N4S. The smallest absolute Gasteiger partial charge is 0.0901 e. The molecule has 0 aliphatic rings. The lowest BCUT2D eigenvalue weighted by molar-refractivity contribution is 0.676. The summed E-state index contributed by atoms with van der Waals surface area (Å²) < 4.78 is 1.89. The Morgan fingerprint density at radius 2 is 1.95 bits per heavy atom. The van der Waals surface area contributed by atoms with Gasteiger partial charge in [-0.3, -0.25) is 4.68 Å². The molecule has 5 heteroatoms. The molecule has 0 saturated heterocycles. The maximum Gasteiger partial charge on any atom is 0.0901 e.